The zero-order valence-corrected chi connectivity index (χ0v) is 41.8. The molecule has 4 heterocycles. The third-order valence-corrected chi connectivity index (χ3v) is 11.9. The molecule has 5 rings (SSSR count). The molecule has 1 fully saturated rings. The Morgan fingerprint density at radius 1 is 0.971 bits per heavy atom. The summed E-state index contributed by atoms with van der Waals surface area (Å²) in [6.45, 7) is 21.5. The van der Waals surface area contributed by atoms with E-state index in [2.05, 4.69) is 43.1 Å². The average molecular weight is 981 g/mol. The third-order valence-electron chi connectivity index (χ3n) is 11.4. The number of esters is 4. The number of carbonyl (C=O) groups excluding carboxylic acids is 7. The Morgan fingerprint density at radius 3 is 2.33 bits per heavy atom. The lowest BCUT2D eigenvalue weighted by atomic mass is 10.0. The summed E-state index contributed by atoms with van der Waals surface area (Å²) in [7, 11) is 0. The molecule has 2 aromatic heterocycles. The minimum absolute atomic E-state index is 0.122. The first-order chi connectivity index (χ1) is 32.7. The fourth-order valence-electron chi connectivity index (χ4n) is 7.63. The number of nitrogens with zero attached hydrogens (tertiary/aromatic N) is 5. The molecule has 0 spiro atoms. The maximum atomic E-state index is 14.0. The number of aryl methyl sites for hydroxylation is 1. The van der Waals surface area contributed by atoms with Gasteiger partial charge in [0.05, 0.1) is 55.5 Å². The molecular formula is C47H64N8O13S. The lowest BCUT2D eigenvalue weighted by molar-refractivity contribution is -0.173. The molecule has 2 unspecified atom stereocenters. The topological polar surface area (TPSA) is 250 Å². The predicted octanol–water partition coefficient (Wildman–Crippen LogP) is 4.07. The molecule has 0 bridgehead atoms. The number of hydrogen-bond acceptors (Lipinski definition) is 18. The number of rotatable bonds is 22. The van der Waals surface area contributed by atoms with Crippen LogP contribution >= 0.6 is 11.7 Å². The number of benzene rings is 1. The van der Waals surface area contributed by atoms with E-state index in [1.807, 2.05) is 4.90 Å². The van der Waals surface area contributed by atoms with Crippen LogP contribution in [0.3, 0.4) is 0 Å². The van der Waals surface area contributed by atoms with Gasteiger partial charge in [0, 0.05) is 61.3 Å². The molecule has 0 radical (unpaired) electrons. The van der Waals surface area contributed by atoms with Crippen molar-refractivity contribution in [1.29, 1.82) is 0 Å². The van der Waals surface area contributed by atoms with Gasteiger partial charge in [-0.15, -0.1) is 4.37 Å². The van der Waals surface area contributed by atoms with Crippen LogP contribution in [0, 0.1) is 13.8 Å². The highest BCUT2D eigenvalue weighted by Gasteiger charge is 2.36. The Kier molecular flexibility index (Phi) is 18.8. The molecule has 3 aromatic rings. The van der Waals surface area contributed by atoms with E-state index in [4.69, 9.17) is 28.4 Å². The summed E-state index contributed by atoms with van der Waals surface area (Å²) in [5.74, 6) is -3.59. The number of morpholine rings is 1. The second-order valence-corrected chi connectivity index (χ2v) is 18.0. The minimum Gasteiger partial charge on any atom is -0.470 e. The molecule has 2 aliphatic rings. The van der Waals surface area contributed by atoms with Crippen LogP contribution < -0.4 is 25.0 Å². The van der Waals surface area contributed by atoms with Crippen LogP contribution in [0.1, 0.15) is 101 Å². The lowest BCUT2D eigenvalue weighted by Crippen LogP contribution is -2.54. The second kappa shape index (κ2) is 24.2. The maximum Gasteiger partial charge on any atom is 0.347 e. The molecule has 376 valence electrons. The molecule has 3 N–H and O–H groups in total. The summed E-state index contributed by atoms with van der Waals surface area (Å²) in [5, 5.41) is 5.79. The molecule has 0 aliphatic carbocycles. The third kappa shape index (κ3) is 14.6. The fraction of sp³-hybridized carbons (Fsp3) is 0.553. The van der Waals surface area contributed by atoms with Crippen LogP contribution in [0.2, 0.25) is 0 Å². The number of carbonyl (C=O) groups is 7. The number of fused-ring (bicyclic) bond motifs is 1. The van der Waals surface area contributed by atoms with Crippen molar-refractivity contribution in [1.82, 2.24) is 28.8 Å². The first kappa shape index (κ1) is 53.6. The van der Waals surface area contributed by atoms with Gasteiger partial charge in [-0.2, -0.15) is 4.37 Å². The van der Waals surface area contributed by atoms with E-state index in [0.717, 1.165) is 38.3 Å². The van der Waals surface area contributed by atoms with Gasteiger partial charge in [0.25, 0.3) is 23.6 Å². The van der Waals surface area contributed by atoms with Crippen molar-refractivity contribution in [2.45, 2.75) is 106 Å². The Balaban J connectivity index is 1.20. The predicted molar refractivity (Wildman–Crippen MR) is 255 cm³/mol. The Labute approximate surface area is 405 Å². The second-order valence-electron chi connectivity index (χ2n) is 17.5. The average Bonchev–Trinajstić information content (AvgIpc) is 3.98. The van der Waals surface area contributed by atoms with Crippen LogP contribution in [0.4, 0.5) is 11.5 Å². The molecule has 2 aliphatic heterocycles. The number of anilines is 2. The molecule has 1 aromatic carbocycles. The van der Waals surface area contributed by atoms with Crippen molar-refractivity contribution in [3.63, 3.8) is 0 Å². The van der Waals surface area contributed by atoms with Crippen LogP contribution in [-0.4, -0.2) is 155 Å². The first-order valence-electron chi connectivity index (χ1n) is 22.9. The molecule has 1 saturated heterocycles. The highest BCUT2D eigenvalue weighted by atomic mass is 32.1. The van der Waals surface area contributed by atoms with Crippen LogP contribution in [0.5, 0.6) is 11.6 Å². The first-order valence-corrected chi connectivity index (χ1v) is 23.7. The number of nitrogens with one attached hydrogen (secondary N) is 3. The van der Waals surface area contributed by atoms with E-state index in [1.165, 1.54) is 30.9 Å². The summed E-state index contributed by atoms with van der Waals surface area (Å²) >= 11 is 0.943. The number of H-pyrrole nitrogens is 1. The Hall–Kier alpha value is -6.39. The SMILES string of the molecule is CCN(CC)CCNC(=O)c1c(C)[nH]c(/C=C2\C(=O)Nc3ccc(OC(=O)CCC(=O)OC(C)C(=O)N(C[C@@H](COc4nsnc4N4CCOCC4)OC(=O)C(C)OC(C)=O)C(C)(C)C)cc32)c1C. The van der Waals surface area contributed by atoms with Gasteiger partial charge in [-0.25, -0.2) is 4.79 Å². The quantitative estimate of drug-likeness (QED) is 0.0555. The van der Waals surface area contributed by atoms with Gasteiger partial charge < -0.3 is 58.7 Å². The highest BCUT2D eigenvalue weighted by molar-refractivity contribution is 6.99. The molecule has 69 heavy (non-hydrogen) atoms. The van der Waals surface area contributed by atoms with E-state index < -0.39 is 66.5 Å². The van der Waals surface area contributed by atoms with Crippen LogP contribution in [0.15, 0.2) is 18.2 Å². The van der Waals surface area contributed by atoms with Crippen molar-refractivity contribution >= 4 is 76.5 Å². The van der Waals surface area contributed by atoms with Gasteiger partial charge in [0.15, 0.2) is 18.3 Å². The summed E-state index contributed by atoms with van der Waals surface area (Å²) in [5.41, 5.74) is 2.74. The summed E-state index contributed by atoms with van der Waals surface area (Å²) in [4.78, 5) is 99.9. The van der Waals surface area contributed by atoms with Gasteiger partial charge in [-0.1, -0.05) is 13.8 Å². The number of ether oxygens (including phenoxy) is 6. The number of aromatic amines is 1. The van der Waals surface area contributed by atoms with Gasteiger partial charge >= 0.3 is 23.9 Å². The number of amides is 3. The van der Waals surface area contributed by atoms with E-state index >= 15 is 0 Å². The number of hydrogen-bond donors (Lipinski definition) is 3. The summed E-state index contributed by atoms with van der Waals surface area (Å²) < 4.78 is 41.9. The van der Waals surface area contributed by atoms with E-state index in [-0.39, 0.29) is 42.2 Å². The molecule has 3 atom stereocenters. The Bertz CT molecular complexity index is 2380. The molecule has 0 saturated carbocycles. The largest absolute Gasteiger partial charge is 0.470 e. The molecule has 21 nitrogen and oxygen atoms in total. The standard InChI is InChI=1S/C47H64N8O13S/c1-11-53(12-2)18-17-48-43(60)40-27(3)37(49-28(40)4)24-35-34-23-32(13-14-36(34)50-42(35)59)67-39(58)16-15-38(57)66-29(5)45(61)55(47(8,9)10)25-33(68-46(62)30(6)65-31(7)56)26-64-44-41(51-69-52-44)54-19-21-63-22-20-54/h13-14,23-24,29-30,33,49H,11-12,15-22,25-26H2,1-10H3,(H,48,60)(H,50,59)/b35-24-/t29?,30?,33-/m0/s1. The maximum absolute atomic E-state index is 14.0. The highest BCUT2D eigenvalue weighted by Crippen LogP contribution is 2.37. The minimum atomic E-state index is -1.33. The van der Waals surface area contributed by atoms with E-state index in [9.17, 15) is 33.6 Å². The van der Waals surface area contributed by atoms with Gasteiger partial charge in [0.2, 0.25) is 5.82 Å². The summed E-state index contributed by atoms with van der Waals surface area (Å²) in [6, 6.07) is 4.64. The van der Waals surface area contributed by atoms with Crippen molar-refractivity contribution in [3.05, 3.63) is 46.3 Å². The zero-order valence-electron chi connectivity index (χ0n) is 41.0. The lowest BCUT2D eigenvalue weighted by Gasteiger charge is -2.39. The molecule has 3 amide bonds. The van der Waals surface area contributed by atoms with Crippen molar-refractivity contribution in [3.8, 4) is 11.6 Å². The van der Waals surface area contributed by atoms with Gasteiger partial charge in [-0.05, 0) is 91.4 Å². The fourth-order valence-corrected chi connectivity index (χ4v) is 8.15. The van der Waals surface area contributed by atoms with Crippen LogP contribution in [-0.2, 0) is 47.7 Å². The Morgan fingerprint density at radius 2 is 1.67 bits per heavy atom. The van der Waals surface area contributed by atoms with Gasteiger partial charge in [0.1, 0.15) is 12.4 Å². The zero-order chi connectivity index (χ0) is 50.6. The van der Waals surface area contributed by atoms with Crippen molar-refractivity contribution in [2.75, 3.05) is 75.9 Å². The summed E-state index contributed by atoms with van der Waals surface area (Å²) in [6.07, 6.45) is -2.87. The monoisotopic (exact) mass is 980 g/mol. The smallest absolute Gasteiger partial charge is 0.347 e. The van der Waals surface area contributed by atoms with E-state index in [0.29, 0.717) is 72.4 Å². The van der Waals surface area contributed by atoms with E-state index in [1.54, 1.807) is 46.8 Å². The number of aromatic nitrogens is 3. The van der Waals surface area contributed by atoms with Crippen molar-refractivity contribution in [2.24, 2.45) is 0 Å². The number of likely N-dealkylation sites (N-methyl/N-ethyl adjacent to an activating group) is 1. The van der Waals surface area contributed by atoms with Crippen LogP contribution in [0.25, 0.3) is 11.6 Å². The van der Waals surface area contributed by atoms with Crippen molar-refractivity contribution < 1.29 is 62.0 Å². The van der Waals surface area contributed by atoms with Gasteiger partial charge in [-0.3, -0.25) is 28.8 Å². The normalized spacial score (nSPS) is 15.4. The molecular weight excluding hydrogens is 917 g/mol. The molecule has 22 heteroatoms.